The number of benzene rings is 1. The maximum atomic E-state index is 11.0. The SMILES string of the molecule is C[C@@H]1CC[C@@H](C)N1c1ccccc1[N+](=O)[O-]. The van der Waals surface area contributed by atoms with Gasteiger partial charge < -0.3 is 4.90 Å². The van der Waals surface area contributed by atoms with Crippen molar-refractivity contribution >= 4 is 11.4 Å². The van der Waals surface area contributed by atoms with Crippen molar-refractivity contribution in [2.75, 3.05) is 4.90 Å². The van der Waals surface area contributed by atoms with Gasteiger partial charge in [0.15, 0.2) is 0 Å². The summed E-state index contributed by atoms with van der Waals surface area (Å²) < 4.78 is 0. The minimum absolute atomic E-state index is 0.211. The van der Waals surface area contributed by atoms with Crippen LogP contribution >= 0.6 is 0 Å². The molecule has 0 aliphatic carbocycles. The summed E-state index contributed by atoms with van der Waals surface area (Å²) >= 11 is 0. The van der Waals surface area contributed by atoms with E-state index in [9.17, 15) is 10.1 Å². The smallest absolute Gasteiger partial charge is 0.292 e. The Bertz CT molecular complexity index is 396. The zero-order valence-corrected chi connectivity index (χ0v) is 9.59. The van der Waals surface area contributed by atoms with Crippen LogP contribution in [0.1, 0.15) is 26.7 Å². The number of rotatable bonds is 2. The zero-order valence-electron chi connectivity index (χ0n) is 9.59. The second kappa shape index (κ2) is 4.12. The van der Waals surface area contributed by atoms with Crippen molar-refractivity contribution < 1.29 is 4.92 Å². The van der Waals surface area contributed by atoms with Crippen LogP contribution in [0.25, 0.3) is 0 Å². The van der Waals surface area contributed by atoms with Crippen LogP contribution in [0.5, 0.6) is 0 Å². The fraction of sp³-hybridized carbons (Fsp3) is 0.500. The first kappa shape index (κ1) is 10.9. The first-order valence-electron chi connectivity index (χ1n) is 5.63. The van der Waals surface area contributed by atoms with Crippen LogP contribution in [0, 0.1) is 10.1 Å². The number of hydrogen-bond donors (Lipinski definition) is 0. The fourth-order valence-corrected chi connectivity index (χ4v) is 2.51. The van der Waals surface area contributed by atoms with Crippen molar-refractivity contribution in [2.24, 2.45) is 0 Å². The number of nitrogens with zero attached hydrogens (tertiary/aromatic N) is 2. The molecule has 1 aromatic rings. The highest BCUT2D eigenvalue weighted by molar-refractivity contribution is 5.64. The third-order valence-electron chi connectivity index (χ3n) is 3.31. The quantitative estimate of drug-likeness (QED) is 0.568. The monoisotopic (exact) mass is 220 g/mol. The third kappa shape index (κ3) is 1.75. The van der Waals surface area contributed by atoms with Crippen LogP contribution in [0.15, 0.2) is 24.3 Å². The van der Waals surface area contributed by atoms with Gasteiger partial charge in [-0.3, -0.25) is 10.1 Å². The molecule has 0 N–H and O–H groups in total. The van der Waals surface area contributed by atoms with E-state index in [0.29, 0.717) is 12.1 Å². The molecular weight excluding hydrogens is 204 g/mol. The summed E-state index contributed by atoms with van der Waals surface area (Å²) in [6.45, 7) is 4.25. The molecule has 4 heteroatoms. The van der Waals surface area contributed by atoms with Gasteiger partial charge in [0.25, 0.3) is 5.69 Å². The molecule has 1 aliphatic rings. The van der Waals surface area contributed by atoms with E-state index in [1.807, 2.05) is 12.1 Å². The Labute approximate surface area is 95.0 Å². The molecule has 0 saturated carbocycles. The lowest BCUT2D eigenvalue weighted by Crippen LogP contribution is -2.32. The Morgan fingerprint density at radius 2 is 1.81 bits per heavy atom. The average molecular weight is 220 g/mol. The van der Waals surface area contributed by atoms with Gasteiger partial charge in [0.1, 0.15) is 5.69 Å². The van der Waals surface area contributed by atoms with E-state index in [4.69, 9.17) is 0 Å². The Hall–Kier alpha value is -1.58. The maximum Gasteiger partial charge on any atom is 0.292 e. The highest BCUT2D eigenvalue weighted by Crippen LogP contribution is 2.35. The number of nitro groups is 1. The molecular formula is C12H16N2O2. The molecule has 86 valence electrons. The van der Waals surface area contributed by atoms with Gasteiger partial charge in [-0.15, -0.1) is 0 Å². The molecule has 0 spiro atoms. The van der Waals surface area contributed by atoms with Gasteiger partial charge in [-0.05, 0) is 32.8 Å². The van der Waals surface area contributed by atoms with E-state index in [1.165, 1.54) is 0 Å². The van der Waals surface area contributed by atoms with Crippen molar-refractivity contribution in [1.29, 1.82) is 0 Å². The normalized spacial score (nSPS) is 24.8. The van der Waals surface area contributed by atoms with E-state index < -0.39 is 0 Å². The molecule has 0 unspecified atom stereocenters. The standard InChI is InChI=1S/C12H16N2O2/c1-9-7-8-10(2)13(9)11-5-3-4-6-12(11)14(15)16/h3-6,9-10H,7-8H2,1-2H3/t9-,10-/m1/s1. The van der Waals surface area contributed by atoms with Crippen molar-refractivity contribution in [1.82, 2.24) is 0 Å². The molecule has 2 rings (SSSR count). The van der Waals surface area contributed by atoms with Crippen LogP contribution in [-0.4, -0.2) is 17.0 Å². The molecule has 0 radical (unpaired) electrons. The second-order valence-electron chi connectivity index (χ2n) is 4.43. The van der Waals surface area contributed by atoms with Crippen LogP contribution in [0.3, 0.4) is 0 Å². The molecule has 0 bridgehead atoms. The number of hydrogen-bond acceptors (Lipinski definition) is 3. The Balaban J connectivity index is 2.43. The molecule has 1 saturated heterocycles. The maximum absolute atomic E-state index is 11.0. The second-order valence-corrected chi connectivity index (χ2v) is 4.43. The summed E-state index contributed by atoms with van der Waals surface area (Å²) in [5, 5.41) is 11.0. The lowest BCUT2D eigenvalue weighted by molar-refractivity contribution is -0.384. The number of para-hydroxylation sites is 2. The summed E-state index contributed by atoms with van der Waals surface area (Å²) in [6, 6.07) is 7.77. The van der Waals surface area contributed by atoms with Crippen molar-refractivity contribution in [2.45, 2.75) is 38.8 Å². The van der Waals surface area contributed by atoms with Gasteiger partial charge in [-0.25, -0.2) is 0 Å². The Morgan fingerprint density at radius 1 is 1.25 bits per heavy atom. The van der Waals surface area contributed by atoms with E-state index in [-0.39, 0.29) is 10.6 Å². The minimum atomic E-state index is -0.299. The lowest BCUT2D eigenvalue weighted by Gasteiger charge is -2.28. The van der Waals surface area contributed by atoms with Gasteiger partial charge in [0, 0.05) is 18.2 Å². The van der Waals surface area contributed by atoms with Crippen molar-refractivity contribution in [3.8, 4) is 0 Å². The summed E-state index contributed by atoms with van der Waals surface area (Å²) in [5.74, 6) is 0. The van der Waals surface area contributed by atoms with Crippen LogP contribution < -0.4 is 4.90 Å². The highest BCUT2D eigenvalue weighted by atomic mass is 16.6. The van der Waals surface area contributed by atoms with Crippen LogP contribution in [0.2, 0.25) is 0 Å². The largest absolute Gasteiger partial charge is 0.361 e. The van der Waals surface area contributed by atoms with Crippen molar-refractivity contribution in [3.05, 3.63) is 34.4 Å². The van der Waals surface area contributed by atoms with Gasteiger partial charge in [-0.2, -0.15) is 0 Å². The predicted molar refractivity (Wildman–Crippen MR) is 63.7 cm³/mol. The first-order chi connectivity index (χ1) is 7.61. The van der Waals surface area contributed by atoms with E-state index in [2.05, 4.69) is 18.7 Å². The topological polar surface area (TPSA) is 46.4 Å². The minimum Gasteiger partial charge on any atom is -0.361 e. The molecule has 16 heavy (non-hydrogen) atoms. The first-order valence-corrected chi connectivity index (χ1v) is 5.63. The van der Waals surface area contributed by atoms with E-state index >= 15 is 0 Å². The molecule has 0 amide bonds. The average Bonchev–Trinajstić information content (AvgIpc) is 2.58. The molecule has 2 atom stereocenters. The van der Waals surface area contributed by atoms with Gasteiger partial charge in [0.2, 0.25) is 0 Å². The molecule has 0 aromatic heterocycles. The summed E-state index contributed by atoms with van der Waals surface area (Å²) in [7, 11) is 0. The van der Waals surface area contributed by atoms with Gasteiger partial charge >= 0.3 is 0 Å². The van der Waals surface area contributed by atoms with E-state index in [1.54, 1.807) is 12.1 Å². The molecule has 1 aromatic carbocycles. The van der Waals surface area contributed by atoms with Crippen LogP contribution in [-0.2, 0) is 0 Å². The molecule has 1 aliphatic heterocycles. The van der Waals surface area contributed by atoms with Gasteiger partial charge in [-0.1, -0.05) is 12.1 Å². The molecule has 4 nitrogen and oxygen atoms in total. The van der Waals surface area contributed by atoms with Crippen LogP contribution in [0.4, 0.5) is 11.4 Å². The summed E-state index contributed by atoms with van der Waals surface area (Å²) in [5.41, 5.74) is 0.966. The highest BCUT2D eigenvalue weighted by Gasteiger charge is 2.31. The van der Waals surface area contributed by atoms with Crippen molar-refractivity contribution in [3.63, 3.8) is 0 Å². The van der Waals surface area contributed by atoms with Gasteiger partial charge in [0.05, 0.1) is 4.92 Å². The number of anilines is 1. The summed E-state index contributed by atoms with van der Waals surface area (Å²) in [4.78, 5) is 12.8. The molecule has 1 heterocycles. The fourth-order valence-electron chi connectivity index (χ4n) is 2.51. The zero-order chi connectivity index (χ0) is 11.7. The predicted octanol–water partition coefficient (Wildman–Crippen LogP) is 2.97. The molecule has 1 fully saturated rings. The van der Waals surface area contributed by atoms with E-state index in [0.717, 1.165) is 18.5 Å². The summed E-state index contributed by atoms with van der Waals surface area (Å²) in [6.07, 6.45) is 2.21. The lowest BCUT2D eigenvalue weighted by atomic mass is 10.2. The Morgan fingerprint density at radius 3 is 2.38 bits per heavy atom. The third-order valence-corrected chi connectivity index (χ3v) is 3.31. The Kier molecular flexibility index (Phi) is 2.81. The number of nitro benzene ring substituents is 1.